The van der Waals surface area contributed by atoms with Gasteiger partial charge in [0.25, 0.3) is 0 Å². The molecule has 1 aliphatic heterocycles. The maximum atomic E-state index is 13.5. The first-order valence-corrected chi connectivity index (χ1v) is 11.4. The topological polar surface area (TPSA) is 66.4 Å². The fourth-order valence-corrected chi connectivity index (χ4v) is 4.18. The van der Waals surface area contributed by atoms with E-state index in [0.717, 1.165) is 21.7 Å². The van der Waals surface area contributed by atoms with Crippen LogP contribution in [0.3, 0.4) is 0 Å². The summed E-state index contributed by atoms with van der Waals surface area (Å²) in [5.74, 6) is -0.399. The Kier molecular flexibility index (Phi) is 6.62. The monoisotopic (exact) mass is 432 g/mol. The summed E-state index contributed by atoms with van der Waals surface area (Å²) in [6.07, 6.45) is 9.18. The van der Waals surface area contributed by atoms with Gasteiger partial charge in [0.15, 0.2) is 0 Å². The molecule has 0 bridgehead atoms. The second-order valence-corrected chi connectivity index (χ2v) is 8.39. The molecule has 7 heteroatoms. The quantitative estimate of drug-likeness (QED) is 0.532. The molecule has 1 atom stereocenters. The highest BCUT2D eigenvalue weighted by atomic mass is 32.2. The number of pyridine rings is 2. The summed E-state index contributed by atoms with van der Waals surface area (Å²) in [5.41, 5.74) is 2.80. The van der Waals surface area contributed by atoms with Crippen molar-refractivity contribution in [3.63, 3.8) is 0 Å². The van der Waals surface area contributed by atoms with E-state index < -0.39 is 0 Å². The summed E-state index contributed by atoms with van der Waals surface area (Å²) < 4.78 is 0. The van der Waals surface area contributed by atoms with Gasteiger partial charge in [-0.2, -0.15) is 0 Å². The molecule has 0 saturated carbocycles. The summed E-state index contributed by atoms with van der Waals surface area (Å²) in [6.45, 7) is 1.31. The zero-order valence-corrected chi connectivity index (χ0v) is 18.2. The fourth-order valence-electron chi connectivity index (χ4n) is 3.78. The molecule has 0 aliphatic carbocycles. The highest BCUT2D eigenvalue weighted by molar-refractivity contribution is 7.98. The minimum absolute atomic E-state index is 0.0134. The number of anilines is 1. The summed E-state index contributed by atoms with van der Waals surface area (Å²) in [4.78, 5) is 39.1. The fraction of sp³-hybridized carbons (Fsp3) is 0.250. The molecule has 1 aliphatic rings. The lowest BCUT2D eigenvalue weighted by Gasteiger charge is -2.26. The maximum absolute atomic E-state index is 13.5. The van der Waals surface area contributed by atoms with Crippen LogP contribution in [0.4, 0.5) is 5.69 Å². The van der Waals surface area contributed by atoms with Crippen LogP contribution in [0, 0.1) is 5.92 Å². The highest BCUT2D eigenvalue weighted by Gasteiger charge is 2.37. The molecule has 1 fully saturated rings. The summed E-state index contributed by atoms with van der Waals surface area (Å²) in [5, 5.41) is 0. The Bertz CT molecular complexity index is 987. The Balaban J connectivity index is 1.52. The van der Waals surface area contributed by atoms with Crippen LogP contribution in [0.5, 0.6) is 0 Å². The van der Waals surface area contributed by atoms with Crippen LogP contribution in [0.1, 0.15) is 17.5 Å². The number of rotatable bonds is 7. The third kappa shape index (κ3) is 5.11. The van der Waals surface area contributed by atoms with Crippen molar-refractivity contribution in [1.82, 2.24) is 14.9 Å². The van der Waals surface area contributed by atoms with Crippen molar-refractivity contribution in [1.29, 1.82) is 0 Å². The average Bonchev–Trinajstić information content (AvgIpc) is 3.21. The lowest BCUT2D eigenvalue weighted by atomic mass is 10.1. The predicted molar refractivity (Wildman–Crippen MR) is 121 cm³/mol. The van der Waals surface area contributed by atoms with Gasteiger partial charge in [-0.1, -0.05) is 6.07 Å². The first-order chi connectivity index (χ1) is 15.1. The zero-order chi connectivity index (χ0) is 21.6. The van der Waals surface area contributed by atoms with Gasteiger partial charge in [0.2, 0.25) is 11.8 Å². The van der Waals surface area contributed by atoms with Gasteiger partial charge >= 0.3 is 0 Å². The minimum Gasteiger partial charge on any atom is -0.334 e. The van der Waals surface area contributed by atoms with Crippen molar-refractivity contribution >= 4 is 29.3 Å². The molecule has 3 aromatic rings. The van der Waals surface area contributed by atoms with Gasteiger partial charge in [-0.15, -0.1) is 11.8 Å². The normalized spacial score (nSPS) is 15.8. The lowest BCUT2D eigenvalue weighted by Crippen LogP contribution is -2.36. The van der Waals surface area contributed by atoms with Crippen LogP contribution in [-0.2, 0) is 22.7 Å². The van der Waals surface area contributed by atoms with Gasteiger partial charge in [-0.3, -0.25) is 19.6 Å². The number of hydrogen-bond acceptors (Lipinski definition) is 5. The van der Waals surface area contributed by atoms with E-state index in [2.05, 4.69) is 9.97 Å². The van der Waals surface area contributed by atoms with Crippen LogP contribution < -0.4 is 4.90 Å². The van der Waals surface area contributed by atoms with E-state index in [9.17, 15) is 9.59 Å². The molecule has 31 heavy (non-hydrogen) atoms. The van der Waals surface area contributed by atoms with Crippen molar-refractivity contribution in [2.45, 2.75) is 24.4 Å². The number of nitrogens with zero attached hydrogens (tertiary/aromatic N) is 4. The van der Waals surface area contributed by atoms with Gasteiger partial charge in [0, 0.05) is 61.4 Å². The van der Waals surface area contributed by atoms with Crippen LogP contribution in [0.25, 0.3) is 0 Å². The van der Waals surface area contributed by atoms with Crippen LogP contribution >= 0.6 is 11.8 Å². The van der Waals surface area contributed by atoms with E-state index in [1.807, 2.05) is 59.7 Å². The Morgan fingerprint density at radius 1 is 1.03 bits per heavy atom. The number of aromatic nitrogens is 2. The van der Waals surface area contributed by atoms with E-state index in [4.69, 9.17) is 0 Å². The van der Waals surface area contributed by atoms with Crippen molar-refractivity contribution in [2.24, 2.45) is 5.92 Å². The van der Waals surface area contributed by atoms with E-state index >= 15 is 0 Å². The van der Waals surface area contributed by atoms with Crippen LogP contribution in [-0.4, -0.2) is 39.5 Å². The van der Waals surface area contributed by atoms with E-state index in [1.165, 1.54) is 0 Å². The second-order valence-electron chi connectivity index (χ2n) is 7.51. The highest BCUT2D eigenvalue weighted by Crippen LogP contribution is 2.28. The number of carbonyl (C=O) groups excluding carboxylic acids is 2. The Morgan fingerprint density at radius 2 is 1.77 bits per heavy atom. The Morgan fingerprint density at radius 3 is 2.45 bits per heavy atom. The van der Waals surface area contributed by atoms with Crippen molar-refractivity contribution in [3.8, 4) is 0 Å². The first-order valence-electron chi connectivity index (χ1n) is 10.1. The molecule has 1 unspecified atom stereocenters. The van der Waals surface area contributed by atoms with Gasteiger partial charge in [0.05, 0.1) is 5.92 Å². The number of benzene rings is 1. The van der Waals surface area contributed by atoms with E-state index in [-0.39, 0.29) is 24.2 Å². The second kappa shape index (κ2) is 9.75. The summed E-state index contributed by atoms with van der Waals surface area (Å²) in [7, 11) is 0. The smallest absolute Gasteiger partial charge is 0.228 e. The van der Waals surface area contributed by atoms with Gasteiger partial charge < -0.3 is 9.80 Å². The number of carbonyl (C=O) groups is 2. The van der Waals surface area contributed by atoms with Crippen molar-refractivity contribution in [2.75, 3.05) is 17.7 Å². The molecule has 3 heterocycles. The average molecular weight is 433 g/mol. The summed E-state index contributed by atoms with van der Waals surface area (Å²) >= 11 is 1.66. The first kappa shape index (κ1) is 21.1. The number of amides is 2. The zero-order valence-electron chi connectivity index (χ0n) is 17.3. The molecule has 0 spiro atoms. The molecule has 1 saturated heterocycles. The minimum atomic E-state index is -0.369. The lowest BCUT2D eigenvalue weighted by molar-refractivity contribution is -0.137. The summed E-state index contributed by atoms with van der Waals surface area (Å²) in [6, 6.07) is 15.5. The molecular formula is C24H24N4O2S. The predicted octanol–water partition coefficient (Wildman–Crippen LogP) is 3.78. The van der Waals surface area contributed by atoms with Gasteiger partial charge in [-0.05, 0) is 59.8 Å². The van der Waals surface area contributed by atoms with Gasteiger partial charge in [-0.25, -0.2) is 0 Å². The molecule has 2 aromatic heterocycles. The molecule has 2 amide bonds. The van der Waals surface area contributed by atoms with E-state index in [1.54, 1.807) is 41.4 Å². The molecule has 6 nitrogen and oxygen atoms in total. The molecule has 158 valence electrons. The SMILES string of the molecule is CSc1ccc(N2CC(C(=O)N(Cc3ccncc3)Cc3cccnc3)CC2=O)cc1. The molecule has 0 N–H and O–H groups in total. The third-order valence-electron chi connectivity index (χ3n) is 5.39. The Hall–Kier alpha value is -3.19. The Labute approximate surface area is 186 Å². The molecule has 4 rings (SSSR count). The molecular weight excluding hydrogens is 408 g/mol. The van der Waals surface area contributed by atoms with Crippen LogP contribution in [0.2, 0.25) is 0 Å². The maximum Gasteiger partial charge on any atom is 0.228 e. The van der Waals surface area contributed by atoms with Crippen molar-refractivity contribution in [3.05, 3.63) is 84.4 Å². The molecule has 0 radical (unpaired) electrons. The number of hydrogen-bond donors (Lipinski definition) is 0. The number of thioether (sulfide) groups is 1. The molecule has 1 aromatic carbocycles. The third-order valence-corrected chi connectivity index (χ3v) is 6.13. The largest absolute Gasteiger partial charge is 0.334 e. The van der Waals surface area contributed by atoms with E-state index in [0.29, 0.717) is 19.6 Å². The standard InChI is InChI=1S/C24H24N4O2S/c1-31-22-6-4-21(5-7-22)28-17-20(13-23(28)29)24(30)27(15-18-8-11-25-12-9-18)16-19-3-2-10-26-14-19/h2-12,14,20H,13,15-17H2,1H3. The van der Waals surface area contributed by atoms with Crippen molar-refractivity contribution < 1.29 is 9.59 Å². The van der Waals surface area contributed by atoms with Gasteiger partial charge in [0.1, 0.15) is 0 Å². The van der Waals surface area contributed by atoms with Crippen LogP contribution in [0.15, 0.2) is 78.2 Å².